The number of amides is 1. The third-order valence-electron chi connectivity index (χ3n) is 3.11. The summed E-state index contributed by atoms with van der Waals surface area (Å²) in [4.78, 5) is 23.4. The van der Waals surface area contributed by atoms with E-state index in [0.717, 1.165) is 25.7 Å². The summed E-state index contributed by atoms with van der Waals surface area (Å²) in [6.45, 7) is 4.05. The molecule has 0 aliphatic rings. The lowest BCUT2D eigenvalue weighted by Gasteiger charge is -2.16. The van der Waals surface area contributed by atoms with Gasteiger partial charge in [-0.25, -0.2) is 4.79 Å². The molecule has 0 aliphatic heterocycles. The molecule has 0 unspecified atom stereocenters. The van der Waals surface area contributed by atoms with Crippen LogP contribution in [0.1, 0.15) is 49.9 Å². The van der Waals surface area contributed by atoms with Crippen molar-refractivity contribution in [1.29, 1.82) is 0 Å². The van der Waals surface area contributed by atoms with Crippen molar-refractivity contribution >= 4 is 29.2 Å². The first-order chi connectivity index (χ1) is 9.49. The molecule has 0 aliphatic carbocycles. The van der Waals surface area contributed by atoms with Gasteiger partial charge in [-0.3, -0.25) is 4.79 Å². The fourth-order valence-electron chi connectivity index (χ4n) is 2.14. The van der Waals surface area contributed by atoms with Crippen LogP contribution >= 0.6 is 11.6 Å². The molecule has 0 fully saturated rings. The molecule has 0 aromatic heterocycles. The Morgan fingerprint density at radius 1 is 1.25 bits per heavy atom. The molecule has 2 N–H and O–H groups in total. The zero-order chi connectivity index (χ0) is 15.1. The summed E-state index contributed by atoms with van der Waals surface area (Å²) in [5, 5.41) is 12.2. The van der Waals surface area contributed by atoms with Crippen molar-refractivity contribution in [1.82, 2.24) is 0 Å². The van der Waals surface area contributed by atoms with Crippen LogP contribution in [0.5, 0.6) is 0 Å². The number of halogens is 1. The average Bonchev–Trinajstić information content (AvgIpc) is 2.38. The number of hydrogen-bond acceptors (Lipinski definition) is 2. The smallest absolute Gasteiger partial charge is 0.337 e. The number of carboxylic acid groups (broad SMARTS) is 1. The van der Waals surface area contributed by atoms with E-state index in [1.807, 2.05) is 13.8 Å². The molecule has 1 aromatic carbocycles. The molecule has 1 amide bonds. The van der Waals surface area contributed by atoms with Gasteiger partial charge in [0.15, 0.2) is 0 Å². The quantitative estimate of drug-likeness (QED) is 0.793. The van der Waals surface area contributed by atoms with Crippen LogP contribution in [0.4, 0.5) is 5.69 Å². The van der Waals surface area contributed by atoms with Crippen molar-refractivity contribution in [2.45, 2.75) is 39.5 Å². The number of carbonyl (C=O) groups is 2. The Hall–Kier alpha value is -1.55. The largest absolute Gasteiger partial charge is 0.478 e. The SMILES string of the molecule is CCCC(CCC)C(=O)Nc1cc(Cl)ccc1C(=O)O. The highest BCUT2D eigenvalue weighted by atomic mass is 35.5. The number of carboxylic acids is 1. The van der Waals surface area contributed by atoms with Gasteiger partial charge in [0.1, 0.15) is 0 Å². The van der Waals surface area contributed by atoms with Crippen molar-refractivity contribution in [3.8, 4) is 0 Å². The summed E-state index contributed by atoms with van der Waals surface area (Å²) in [5.41, 5.74) is 0.307. The highest BCUT2D eigenvalue weighted by Crippen LogP contribution is 2.23. The van der Waals surface area contributed by atoms with Gasteiger partial charge in [0.2, 0.25) is 5.91 Å². The maximum atomic E-state index is 12.2. The van der Waals surface area contributed by atoms with Crippen LogP contribution in [-0.4, -0.2) is 17.0 Å². The van der Waals surface area contributed by atoms with Crippen molar-refractivity contribution in [2.75, 3.05) is 5.32 Å². The first-order valence-electron chi connectivity index (χ1n) is 6.83. The lowest BCUT2D eigenvalue weighted by atomic mass is 9.97. The number of carbonyl (C=O) groups excluding carboxylic acids is 1. The molecule has 1 rings (SSSR count). The first kappa shape index (κ1) is 16.5. The van der Waals surface area contributed by atoms with E-state index in [9.17, 15) is 9.59 Å². The Kier molecular flexibility index (Phi) is 6.52. The number of benzene rings is 1. The predicted octanol–water partition coefficient (Wildman–Crippen LogP) is 4.19. The van der Waals surface area contributed by atoms with Crippen LogP contribution in [0.3, 0.4) is 0 Å². The Morgan fingerprint density at radius 2 is 1.85 bits per heavy atom. The lowest BCUT2D eigenvalue weighted by Crippen LogP contribution is -2.23. The Bertz CT molecular complexity index is 482. The van der Waals surface area contributed by atoms with Gasteiger partial charge in [-0.05, 0) is 31.0 Å². The zero-order valence-corrected chi connectivity index (χ0v) is 12.5. The maximum Gasteiger partial charge on any atom is 0.337 e. The standard InChI is InChI=1S/C15H20ClNO3/c1-3-5-10(6-4-2)14(18)17-13-9-11(16)7-8-12(13)15(19)20/h7-10H,3-6H2,1-2H3,(H,17,18)(H,19,20). The van der Waals surface area contributed by atoms with Crippen LogP contribution in [0, 0.1) is 5.92 Å². The number of nitrogens with one attached hydrogen (secondary N) is 1. The minimum atomic E-state index is -1.08. The van der Waals surface area contributed by atoms with Crippen LogP contribution in [0.15, 0.2) is 18.2 Å². The molecule has 1 aromatic rings. The van der Waals surface area contributed by atoms with Gasteiger partial charge >= 0.3 is 5.97 Å². The van der Waals surface area contributed by atoms with Crippen molar-refractivity contribution < 1.29 is 14.7 Å². The van der Waals surface area contributed by atoms with E-state index in [1.54, 1.807) is 0 Å². The van der Waals surface area contributed by atoms with Gasteiger partial charge in [-0.1, -0.05) is 38.3 Å². The minimum absolute atomic E-state index is 0.0505. The van der Waals surface area contributed by atoms with E-state index < -0.39 is 5.97 Å². The maximum absolute atomic E-state index is 12.2. The van der Waals surface area contributed by atoms with E-state index in [4.69, 9.17) is 16.7 Å². The van der Waals surface area contributed by atoms with Crippen LogP contribution in [0.2, 0.25) is 5.02 Å². The second-order valence-electron chi connectivity index (χ2n) is 4.76. The van der Waals surface area contributed by atoms with Gasteiger partial charge in [-0.15, -0.1) is 0 Å². The van der Waals surface area contributed by atoms with Crippen LogP contribution in [0.25, 0.3) is 0 Å². The number of aromatic carboxylic acids is 1. The number of hydrogen-bond donors (Lipinski definition) is 2. The molecule has 5 heteroatoms. The normalized spacial score (nSPS) is 10.6. The van der Waals surface area contributed by atoms with Gasteiger partial charge in [0.25, 0.3) is 0 Å². The summed E-state index contributed by atoms with van der Waals surface area (Å²) in [6.07, 6.45) is 3.42. The lowest BCUT2D eigenvalue weighted by molar-refractivity contribution is -0.120. The highest BCUT2D eigenvalue weighted by Gasteiger charge is 2.19. The fourth-order valence-corrected chi connectivity index (χ4v) is 2.32. The molecule has 0 bridgehead atoms. The average molecular weight is 298 g/mol. The highest BCUT2D eigenvalue weighted by molar-refractivity contribution is 6.31. The Balaban J connectivity index is 2.93. The number of anilines is 1. The van der Waals surface area contributed by atoms with E-state index in [-0.39, 0.29) is 23.1 Å². The van der Waals surface area contributed by atoms with Crippen LogP contribution < -0.4 is 5.32 Å². The first-order valence-corrected chi connectivity index (χ1v) is 7.21. The molecule has 0 atom stereocenters. The van der Waals surface area contributed by atoms with E-state index in [0.29, 0.717) is 5.02 Å². The van der Waals surface area contributed by atoms with Gasteiger partial charge in [0.05, 0.1) is 11.3 Å². The predicted molar refractivity (Wildman–Crippen MR) is 80.3 cm³/mol. The second kappa shape index (κ2) is 7.90. The van der Waals surface area contributed by atoms with Crippen molar-refractivity contribution in [3.63, 3.8) is 0 Å². The third-order valence-corrected chi connectivity index (χ3v) is 3.35. The molecular formula is C15H20ClNO3. The number of rotatable bonds is 7. The Morgan fingerprint density at radius 3 is 2.35 bits per heavy atom. The summed E-state index contributed by atoms with van der Waals surface area (Å²) in [5.74, 6) is -1.32. The summed E-state index contributed by atoms with van der Waals surface area (Å²) in [7, 11) is 0. The third kappa shape index (κ3) is 4.53. The molecule has 0 heterocycles. The van der Waals surface area contributed by atoms with E-state index >= 15 is 0 Å². The molecule has 0 radical (unpaired) electrons. The van der Waals surface area contributed by atoms with Gasteiger partial charge in [0, 0.05) is 10.9 Å². The summed E-state index contributed by atoms with van der Waals surface area (Å²) in [6, 6.07) is 4.36. The molecular weight excluding hydrogens is 278 g/mol. The summed E-state index contributed by atoms with van der Waals surface area (Å²) >= 11 is 5.86. The van der Waals surface area contributed by atoms with Crippen molar-refractivity contribution in [2.24, 2.45) is 5.92 Å². The van der Waals surface area contributed by atoms with Crippen molar-refractivity contribution in [3.05, 3.63) is 28.8 Å². The molecule has 0 spiro atoms. The zero-order valence-electron chi connectivity index (χ0n) is 11.8. The summed E-state index contributed by atoms with van der Waals surface area (Å²) < 4.78 is 0. The molecule has 0 saturated heterocycles. The minimum Gasteiger partial charge on any atom is -0.478 e. The van der Waals surface area contributed by atoms with Gasteiger partial charge < -0.3 is 10.4 Å². The Labute approximate surface area is 124 Å². The van der Waals surface area contributed by atoms with E-state index in [2.05, 4.69) is 5.32 Å². The van der Waals surface area contributed by atoms with Crippen LogP contribution in [-0.2, 0) is 4.79 Å². The molecule has 0 saturated carbocycles. The monoisotopic (exact) mass is 297 g/mol. The van der Waals surface area contributed by atoms with Gasteiger partial charge in [-0.2, -0.15) is 0 Å². The molecule has 20 heavy (non-hydrogen) atoms. The fraction of sp³-hybridized carbons (Fsp3) is 0.467. The molecule has 4 nitrogen and oxygen atoms in total. The topological polar surface area (TPSA) is 66.4 Å². The second-order valence-corrected chi connectivity index (χ2v) is 5.20. The molecule has 110 valence electrons. The van der Waals surface area contributed by atoms with E-state index in [1.165, 1.54) is 18.2 Å².